The van der Waals surface area contributed by atoms with Crippen LogP contribution in [0.3, 0.4) is 0 Å². The average molecular weight is 1060 g/mol. The van der Waals surface area contributed by atoms with Crippen LogP contribution in [0, 0.1) is 19.8 Å². The van der Waals surface area contributed by atoms with Crippen molar-refractivity contribution >= 4 is 62.0 Å². The van der Waals surface area contributed by atoms with E-state index in [1.807, 2.05) is 26.0 Å². The van der Waals surface area contributed by atoms with E-state index in [1.165, 1.54) is 11.9 Å². The van der Waals surface area contributed by atoms with Crippen LogP contribution in [0.2, 0.25) is 0 Å². The normalized spacial score (nSPS) is 19.5. The zero-order valence-corrected chi connectivity index (χ0v) is 45.5. The number of carbonyl (C=O) groups excluding carboxylic acids is 4. The Morgan fingerprint density at radius 3 is 2.32 bits per heavy atom. The summed E-state index contributed by atoms with van der Waals surface area (Å²) in [4.78, 5) is 81.5. The van der Waals surface area contributed by atoms with Crippen molar-refractivity contribution in [3.8, 4) is 5.75 Å². The smallest absolute Gasteiger partial charge is 0.256 e. The van der Waals surface area contributed by atoms with Crippen LogP contribution >= 0.6 is 0 Å². The number of nitrogens with one attached hydrogen (secondary N) is 5. The number of aromatic nitrogens is 6. The van der Waals surface area contributed by atoms with Gasteiger partial charge in [-0.3, -0.25) is 29.2 Å². The van der Waals surface area contributed by atoms with Crippen molar-refractivity contribution in [2.75, 3.05) is 76.2 Å². The molecule has 3 fully saturated rings. The average Bonchev–Trinajstić information content (AvgIpc) is 4.06. The number of aryl methyl sites for hydroxylation is 2. The molecular formula is C54H72N14O7S. The van der Waals surface area contributed by atoms with E-state index >= 15 is 0 Å². The van der Waals surface area contributed by atoms with Crippen LogP contribution in [0.4, 0.5) is 17.6 Å². The number of nitrogens with zero attached hydrogens (tertiary/aromatic N) is 9. The van der Waals surface area contributed by atoms with Crippen LogP contribution in [-0.4, -0.2) is 166 Å². The minimum atomic E-state index is -3.86. The summed E-state index contributed by atoms with van der Waals surface area (Å²) in [7, 11) is -2.17. The van der Waals surface area contributed by atoms with Crippen LogP contribution in [0.25, 0.3) is 10.9 Å². The molecule has 2 aromatic carbocycles. The van der Waals surface area contributed by atoms with E-state index in [0.717, 1.165) is 36.1 Å². The number of fused-ring (bicyclic) bond motifs is 2. The number of hydrogen-bond acceptors (Lipinski definition) is 16. The molecule has 0 spiro atoms. The first-order chi connectivity index (χ1) is 36.4. The van der Waals surface area contributed by atoms with Crippen molar-refractivity contribution in [1.29, 1.82) is 0 Å². The predicted molar refractivity (Wildman–Crippen MR) is 288 cm³/mol. The number of ether oxygens (including phenoxy) is 1. The summed E-state index contributed by atoms with van der Waals surface area (Å²) >= 11 is 0. The van der Waals surface area contributed by atoms with Gasteiger partial charge in [-0.15, -0.1) is 0 Å². The molecule has 3 aliphatic heterocycles. The van der Waals surface area contributed by atoms with Gasteiger partial charge >= 0.3 is 0 Å². The van der Waals surface area contributed by atoms with Gasteiger partial charge in [0.2, 0.25) is 23.7 Å². The van der Waals surface area contributed by atoms with Gasteiger partial charge in [-0.25, -0.2) is 28.4 Å². The highest BCUT2D eigenvalue weighted by Crippen LogP contribution is 2.38. The molecule has 1 aliphatic carbocycles. The van der Waals surface area contributed by atoms with E-state index in [1.54, 1.807) is 69.1 Å². The minimum Gasteiger partial charge on any atom is -0.491 e. The van der Waals surface area contributed by atoms with Crippen molar-refractivity contribution < 1.29 is 32.3 Å². The number of amides is 4. The SMILES string of the molecule is CNC(C)C(=O)NC(C(=O)N1CCCC1C(=O)N[C@@H]1CCCc2ccccc21)C1CCN(C(=O)c2cnc(N3CCN(CCOc4cc5ncnc(Nc6n[nH]c(C)c6C)c5cc4S(=O)(=O)C(C)(C)C)CC3)nc2)CC1. The van der Waals surface area contributed by atoms with Crippen molar-refractivity contribution in [2.24, 2.45) is 5.92 Å². The second-order valence-corrected chi connectivity index (χ2v) is 24.2. The predicted octanol–water partition coefficient (Wildman–Crippen LogP) is 4.41. The number of aromatic amines is 1. The lowest BCUT2D eigenvalue weighted by Gasteiger charge is -2.38. The van der Waals surface area contributed by atoms with E-state index in [0.29, 0.717) is 112 Å². The fraction of sp³-hybridized carbons (Fsp3) is 0.537. The summed E-state index contributed by atoms with van der Waals surface area (Å²) in [5.74, 6) is 0.559. The van der Waals surface area contributed by atoms with Gasteiger partial charge in [0.15, 0.2) is 15.7 Å². The Morgan fingerprint density at radius 1 is 0.882 bits per heavy atom. The number of benzene rings is 2. The lowest BCUT2D eigenvalue weighted by atomic mass is 9.87. The second-order valence-electron chi connectivity index (χ2n) is 21.5. The van der Waals surface area contributed by atoms with Crippen LogP contribution in [0.15, 0.2) is 60.0 Å². The van der Waals surface area contributed by atoms with E-state index < -0.39 is 32.7 Å². The third kappa shape index (κ3) is 11.5. The highest BCUT2D eigenvalue weighted by molar-refractivity contribution is 7.92. The first-order valence-corrected chi connectivity index (χ1v) is 28.1. The molecule has 9 rings (SSSR count). The van der Waals surface area contributed by atoms with Crippen molar-refractivity contribution in [3.05, 3.63) is 83.1 Å². The first kappa shape index (κ1) is 54.0. The summed E-state index contributed by atoms with van der Waals surface area (Å²) in [5.41, 5.74) is 5.07. The third-order valence-electron chi connectivity index (χ3n) is 15.7. The zero-order chi connectivity index (χ0) is 53.9. The number of piperidine rings is 1. The summed E-state index contributed by atoms with van der Waals surface area (Å²) in [6, 6.07) is 9.31. The molecule has 0 bridgehead atoms. The quantitative estimate of drug-likeness (QED) is 0.0918. The van der Waals surface area contributed by atoms with Gasteiger partial charge in [-0.1, -0.05) is 24.3 Å². The molecule has 406 valence electrons. The number of sulfone groups is 1. The van der Waals surface area contributed by atoms with Crippen molar-refractivity contribution in [3.63, 3.8) is 0 Å². The van der Waals surface area contributed by atoms with Gasteiger partial charge in [-0.05, 0) is 117 Å². The molecule has 76 heavy (non-hydrogen) atoms. The topological polar surface area (TPSA) is 253 Å². The maximum absolute atomic E-state index is 14.6. The molecular weight excluding hydrogens is 989 g/mol. The minimum absolute atomic E-state index is 0.0606. The first-order valence-electron chi connectivity index (χ1n) is 26.6. The van der Waals surface area contributed by atoms with Crippen LogP contribution in [-0.2, 0) is 30.6 Å². The number of likely N-dealkylation sites (tertiary alicyclic amines) is 2. The molecule has 22 heteroatoms. The Kier molecular flexibility index (Phi) is 16.2. The lowest BCUT2D eigenvalue weighted by molar-refractivity contribution is -0.143. The van der Waals surface area contributed by atoms with Gasteiger partial charge < -0.3 is 40.7 Å². The summed E-state index contributed by atoms with van der Waals surface area (Å²) in [5, 5.41) is 20.3. The summed E-state index contributed by atoms with van der Waals surface area (Å²) < 4.78 is 33.2. The van der Waals surface area contributed by atoms with Crippen LogP contribution < -0.4 is 30.9 Å². The Hall–Kier alpha value is -6.78. The lowest BCUT2D eigenvalue weighted by Crippen LogP contribution is -2.59. The van der Waals surface area contributed by atoms with Gasteiger partial charge in [0, 0.05) is 87.5 Å². The summed E-state index contributed by atoms with van der Waals surface area (Å²) in [6.45, 7) is 15.1. The Bertz CT molecular complexity index is 3040. The van der Waals surface area contributed by atoms with E-state index in [9.17, 15) is 27.6 Å². The number of H-pyrrole nitrogens is 1. The van der Waals surface area contributed by atoms with Gasteiger partial charge in [-0.2, -0.15) is 5.10 Å². The fourth-order valence-electron chi connectivity index (χ4n) is 10.6. The standard InChI is InChI=1S/C54H72N14O7S/c1-33-34(2)63-64-47(33)62-48-40-28-45(76(73,74)54(4,5)6)44(29-42(40)58-32-59-48)75-27-26-65-22-24-67(25-23-65)53-56-30-38(31-57-53)51(71)66-20-17-37(18-21-66)46(61-49(69)35(3)55-7)52(72)68-19-11-16-43(68)50(70)60-41-15-10-13-36-12-8-9-14-39(36)41/h8-9,12,14,28-32,35,37,41,43,46,55H,10-11,13,15-27H2,1-7H3,(H,60,70)(H,61,69)(H2,58,59,62,63,64)/t35?,41-,43?,46?/m1/s1. The number of rotatable bonds is 16. The van der Waals surface area contributed by atoms with Crippen molar-refractivity contribution in [1.82, 2.24) is 60.8 Å². The zero-order valence-electron chi connectivity index (χ0n) is 44.7. The van der Waals surface area contributed by atoms with E-state index in [2.05, 4.69) is 73.3 Å². The fourth-order valence-corrected chi connectivity index (χ4v) is 12.0. The molecule has 4 amide bonds. The molecule has 4 atom stereocenters. The molecule has 3 unspecified atom stereocenters. The molecule has 4 aliphatic rings. The molecule has 0 saturated carbocycles. The highest BCUT2D eigenvalue weighted by atomic mass is 32.2. The maximum atomic E-state index is 14.6. The second kappa shape index (κ2) is 22.8. The third-order valence-corrected chi connectivity index (χ3v) is 18.2. The van der Waals surface area contributed by atoms with E-state index in [-0.39, 0.29) is 52.8 Å². The molecule has 3 aromatic heterocycles. The van der Waals surface area contributed by atoms with Crippen molar-refractivity contribution in [2.45, 2.75) is 120 Å². The number of anilines is 3. The van der Waals surface area contributed by atoms with Crippen LogP contribution in [0.1, 0.15) is 105 Å². The Balaban J connectivity index is 0.781. The Labute approximate surface area is 444 Å². The molecule has 6 heterocycles. The number of hydrogen-bond donors (Lipinski definition) is 5. The monoisotopic (exact) mass is 1060 g/mol. The van der Waals surface area contributed by atoms with Gasteiger partial charge in [0.05, 0.1) is 27.9 Å². The van der Waals surface area contributed by atoms with E-state index in [4.69, 9.17) is 4.74 Å². The maximum Gasteiger partial charge on any atom is 0.256 e. The number of piperazine rings is 1. The molecule has 3 saturated heterocycles. The molecule has 21 nitrogen and oxygen atoms in total. The number of likely N-dealkylation sites (N-methyl/N-ethyl adjacent to an activating group) is 1. The summed E-state index contributed by atoms with van der Waals surface area (Å²) in [6.07, 6.45) is 9.53. The largest absolute Gasteiger partial charge is 0.491 e. The molecule has 5 N–H and O–H groups in total. The van der Waals surface area contributed by atoms with Gasteiger partial charge in [0.25, 0.3) is 5.91 Å². The number of carbonyl (C=O) groups is 4. The highest BCUT2D eigenvalue weighted by Gasteiger charge is 2.43. The van der Waals surface area contributed by atoms with Gasteiger partial charge in [0.1, 0.15) is 41.5 Å². The molecule has 5 aromatic rings. The van der Waals surface area contributed by atoms with Crippen LogP contribution in [0.5, 0.6) is 5.75 Å². The molecule has 0 radical (unpaired) electrons. The Morgan fingerprint density at radius 2 is 1.62 bits per heavy atom.